The average Bonchev–Trinajstić information content (AvgIpc) is 3.81. The molecular formula is C38H49N7O3S2. The third-order valence-electron chi connectivity index (χ3n) is 8.27. The summed E-state index contributed by atoms with van der Waals surface area (Å²) in [5, 5.41) is 17.9. The number of rotatable bonds is 17. The van der Waals surface area contributed by atoms with Crippen molar-refractivity contribution in [2.24, 2.45) is 5.92 Å². The van der Waals surface area contributed by atoms with Gasteiger partial charge in [0, 0.05) is 36.0 Å². The first kappa shape index (κ1) is 38.3. The first-order valence-corrected chi connectivity index (χ1v) is 18.7. The SMILES string of the molecule is C=C(c1ccccc1)C(CCC(Cc1ccccc1)NC(=O)C(NC(=O)N(C)Cc1csc(C(C)C)n1)C(C)C)NC(=O)NCc1nccs1. The predicted molar refractivity (Wildman–Crippen MR) is 203 cm³/mol. The molecule has 4 aromatic rings. The molecule has 0 bridgehead atoms. The van der Waals surface area contributed by atoms with Crippen molar-refractivity contribution < 1.29 is 14.4 Å². The molecule has 4 rings (SSSR count). The molecule has 0 aliphatic carbocycles. The summed E-state index contributed by atoms with van der Waals surface area (Å²) >= 11 is 3.06. The van der Waals surface area contributed by atoms with E-state index in [2.05, 4.69) is 51.7 Å². The minimum Gasteiger partial charge on any atom is -0.351 e. The lowest BCUT2D eigenvalue weighted by Crippen LogP contribution is -2.54. The smallest absolute Gasteiger partial charge is 0.318 e. The summed E-state index contributed by atoms with van der Waals surface area (Å²) < 4.78 is 0. The molecule has 266 valence electrons. The van der Waals surface area contributed by atoms with E-state index in [9.17, 15) is 14.4 Å². The van der Waals surface area contributed by atoms with Crippen molar-refractivity contribution >= 4 is 46.2 Å². The van der Waals surface area contributed by atoms with Gasteiger partial charge in [0.05, 0.1) is 29.8 Å². The Morgan fingerprint density at radius 1 is 0.900 bits per heavy atom. The van der Waals surface area contributed by atoms with Gasteiger partial charge in [-0.1, -0.05) is 94.9 Å². The average molecular weight is 716 g/mol. The summed E-state index contributed by atoms with van der Waals surface area (Å²) in [6, 6.07) is 17.6. The number of amides is 5. The fraction of sp³-hybridized carbons (Fsp3) is 0.395. The lowest BCUT2D eigenvalue weighted by Gasteiger charge is -2.29. The van der Waals surface area contributed by atoms with Gasteiger partial charge in [-0.2, -0.15) is 0 Å². The molecule has 3 unspecified atom stereocenters. The Labute approximate surface area is 303 Å². The Kier molecular flexibility index (Phi) is 14.5. The van der Waals surface area contributed by atoms with Crippen LogP contribution in [-0.4, -0.2) is 58.0 Å². The summed E-state index contributed by atoms with van der Waals surface area (Å²) in [6.45, 7) is 13.0. The molecule has 50 heavy (non-hydrogen) atoms. The van der Waals surface area contributed by atoms with Crippen LogP contribution in [0.5, 0.6) is 0 Å². The number of aromatic nitrogens is 2. The van der Waals surface area contributed by atoms with Crippen LogP contribution < -0.4 is 21.3 Å². The van der Waals surface area contributed by atoms with Crippen molar-refractivity contribution in [2.45, 2.75) is 84.1 Å². The molecule has 0 spiro atoms. The van der Waals surface area contributed by atoms with E-state index in [0.717, 1.165) is 32.4 Å². The van der Waals surface area contributed by atoms with Gasteiger partial charge >= 0.3 is 12.1 Å². The molecule has 0 radical (unpaired) electrons. The normalized spacial score (nSPS) is 12.9. The number of thiazole rings is 2. The van der Waals surface area contributed by atoms with Gasteiger partial charge in [-0.25, -0.2) is 19.6 Å². The zero-order chi connectivity index (χ0) is 36.0. The molecule has 0 saturated heterocycles. The fourth-order valence-electron chi connectivity index (χ4n) is 5.43. The maximum atomic E-state index is 13.9. The second kappa shape index (κ2) is 19.0. The predicted octanol–water partition coefficient (Wildman–Crippen LogP) is 6.98. The molecular weight excluding hydrogens is 667 g/mol. The van der Waals surface area contributed by atoms with Gasteiger partial charge in [-0.3, -0.25) is 4.79 Å². The number of benzene rings is 2. The van der Waals surface area contributed by atoms with Gasteiger partial charge in [-0.05, 0) is 41.9 Å². The molecule has 0 fully saturated rings. The molecule has 0 aliphatic heterocycles. The Morgan fingerprint density at radius 2 is 1.60 bits per heavy atom. The highest BCUT2D eigenvalue weighted by atomic mass is 32.1. The number of hydrogen-bond donors (Lipinski definition) is 4. The minimum absolute atomic E-state index is 0.162. The van der Waals surface area contributed by atoms with E-state index in [4.69, 9.17) is 0 Å². The number of nitrogens with one attached hydrogen (secondary N) is 4. The van der Waals surface area contributed by atoms with Gasteiger partial charge in [-0.15, -0.1) is 22.7 Å². The van der Waals surface area contributed by atoms with Crippen molar-refractivity contribution in [1.29, 1.82) is 0 Å². The van der Waals surface area contributed by atoms with Gasteiger partial charge < -0.3 is 26.2 Å². The summed E-state index contributed by atoms with van der Waals surface area (Å²) in [6.07, 6.45) is 3.35. The van der Waals surface area contributed by atoms with E-state index < -0.39 is 12.1 Å². The molecule has 10 nitrogen and oxygen atoms in total. The molecule has 2 aromatic heterocycles. The topological polar surface area (TPSA) is 128 Å². The molecule has 5 amide bonds. The monoisotopic (exact) mass is 715 g/mol. The highest BCUT2D eigenvalue weighted by molar-refractivity contribution is 7.09. The highest BCUT2D eigenvalue weighted by Gasteiger charge is 2.28. The van der Waals surface area contributed by atoms with Crippen LogP contribution in [0.1, 0.15) is 73.3 Å². The molecule has 3 atom stereocenters. The summed E-state index contributed by atoms with van der Waals surface area (Å²) in [4.78, 5) is 50.7. The molecule has 0 saturated carbocycles. The number of urea groups is 2. The Balaban J connectivity index is 1.46. The maximum absolute atomic E-state index is 13.9. The third kappa shape index (κ3) is 11.8. The zero-order valence-electron chi connectivity index (χ0n) is 29.5. The lowest BCUT2D eigenvalue weighted by atomic mass is 9.92. The van der Waals surface area contributed by atoms with Crippen LogP contribution in [0.15, 0.2) is 84.2 Å². The van der Waals surface area contributed by atoms with Crippen molar-refractivity contribution in [2.75, 3.05) is 7.05 Å². The number of hydrogen-bond acceptors (Lipinski definition) is 7. The Morgan fingerprint density at radius 3 is 2.22 bits per heavy atom. The number of carbonyl (C=O) groups is 3. The van der Waals surface area contributed by atoms with Crippen LogP contribution in [0, 0.1) is 5.92 Å². The quantitative estimate of drug-likeness (QED) is 0.0939. The van der Waals surface area contributed by atoms with Crippen molar-refractivity contribution in [3.8, 4) is 0 Å². The van der Waals surface area contributed by atoms with Crippen molar-refractivity contribution in [1.82, 2.24) is 36.1 Å². The Bertz CT molecular complexity index is 1660. The number of carbonyl (C=O) groups excluding carboxylic acids is 3. The highest BCUT2D eigenvalue weighted by Crippen LogP contribution is 2.22. The minimum atomic E-state index is -0.755. The summed E-state index contributed by atoms with van der Waals surface area (Å²) in [7, 11) is 1.71. The van der Waals surface area contributed by atoms with Gasteiger partial charge in [0.15, 0.2) is 0 Å². The standard InChI is InChI=1S/C38H49N7O3S2/c1-25(2)34(44-38(48)45(6)23-31-24-50-36(42-31)26(3)4)35(46)41-30(21-28-13-9-7-10-14-28)17-18-32(27(5)29-15-11-8-12-16-29)43-37(47)40-22-33-39-19-20-49-33/h7-16,19-20,24-26,30,32,34H,5,17-18,21-23H2,1-4,6H3,(H,41,46)(H,44,48)(H2,40,43,47). The Hall–Kier alpha value is -4.55. The summed E-state index contributed by atoms with van der Waals surface area (Å²) in [5.74, 6) is -0.101. The van der Waals surface area contributed by atoms with E-state index in [1.165, 1.54) is 11.3 Å². The third-order valence-corrected chi connectivity index (χ3v) is 10.2. The van der Waals surface area contributed by atoms with Gasteiger partial charge in [0.25, 0.3) is 0 Å². The number of nitrogens with zero attached hydrogens (tertiary/aromatic N) is 3. The molecule has 4 N–H and O–H groups in total. The first-order valence-electron chi connectivity index (χ1n) is 17.0. The molecule has 0 aliphatic rings. The maximum Gasteiger partial charge on any atom is 0.318 e. The lowest BCUT2D eigenvalue weighted by molar-refractivity contribution is -0.124. The van der Waals surface area contributed by atoms with Crippen LogP contribution in [0.25, 0.3) is 5.57 Å². The van der Waals surface area contributed by atoms with E-state index >= 15 is 0 Å². The second-order valence-electron chi connectivity index (χ2n) is 13.0. The van der Waals surface area contributed by atoms with Gasteiger partial charge in [0.2, 0.25) is 5.91 Å². The first-order chi connectivity index (χ1) is 24.0. The van der Waals surface area contributed by atoms with Crippen LogP contribution >= 0.6 is 22.7 Å². The summed E-state index contributed by atoms with van der Waals surface area (Å²) in [5.41, 5.74) is 3.59. The van der Waals surface area contributed by atoms with Crippen LogP contribution in [0.2, 0.25) is 0 Å². The molecule has 2 aromatic carbocycles. The van der Waals surface area contributed by atoms with Gasteiger partial charge in [0.1, 0.15) is 11.0 Å². The van der Waals surface area contributed by atoms with Crippen LogP contribution in [-0.2, 0) is 24.3 Å². The zero-order valence-corrected chi connectivity index (χ0v) is 31.2. The fourth-order valence-corrected chi connectivity index (χ4v) is 6.81. The van der Waals surface area contributed by atoms with E-state index in [1.807, 2.05) is 85.3 Å². The van der Waals surface area contributed by atoms with E-state index in [0.29, 0.717) is 38.3 Å². The second-order valence-corrected chi connectivity index (χ2v) is 14.9. The van der Waals surface area contributed by atoms with Crippen molar-refractivity contribution in [3.63, 3.8) is 0 Å². The van der Waals surface area contributed by atoms with Crippen molar-refractivity contribution in [3.05, 3.63) is 111 Å². The van der Waals surface area contributed by atoms with Crippen LogP contribution in [0.3, 0.4) is 0 Å². The van der Waals surface area contributed by atoms with Crippen LogP contribution in [0.4, 0.5) is 9.59 Å². The van der Waals surface area contributed by atoms with E-state index in [-0.39, 0.29) is 29.9 Å². The molecule has 2 heterocycles. The van der Waals surface area contributed by atoms with E-state index in [1.54, 1.807) is 29.5 Å². The largest absolute Gasteiger partial charge is 0.351 e. The molecule has 12 heteroatoms.